The minimum absolute atomic E-state index is 0.0184. The fourth-order valence-corrected chi connectivity index (χ4v) is 2.65. The molecule has 0 aliphatic carbocycles. The highest BCUT2D eigenvalue weighted by molar-refractivity contribution is 5.78. The smallest absolute Gasteiger partial charge is 0.234 e. The Morgan fingerprint density at radius 1 is 1.00 bits per heavy atom. The molecule has 0 saturated heterocycles. The van der Waals surface area contributed by atoms with Gasteiger partial charge in [-0.1, -0.05) is 6.07 Å². The molecule has 2 N–H and O–H groups in total. The van der Waals surface area contributed by atoms with Crippen molar-refractivity contribution in [3.05, 3.63) is 53.1 Å². The van der Waals surface area contributed by atoms with Gasteiger partial charge in [-0.3, -0.25) is 4.79 Å². The fraction of sp³-hybridized carbons (Fsp3) is 0.350. The molecule has 0 fully saturated rings. The molecule has 2 aromatic rings. The predicted molar refractivity (Wildman–Crippen MR) is 101 cm³/mol. The second-order valence-electron chi connectivity index (χ2n) is 6.09. The zero-order valence-electron chi connectivity index (χ0n) is 16.3. The molecule has 1 amide bonds. The molecule has 2 aromatic carbocycles. The van der Waals surface area contributed by atoms with Gasteiger partial charge < -0.3 is 24.8 Å². The van der Waals surface area contributed by atoms with Gasteiger partial charge in [0.05, 0.1) is 27.9 Å². The first kappa shape index (κ1) is 21.4. The van der Waals surface area contributed by atoms with Crippen molar-refractivity contribution in [1.82, 2.24) is 10.6 Å². The van der Waals surface area contributed by atoms with E-state index in [2.05, 4.69) is 10.6 Å². The van der Waals surface area contributed by atoms with Gasteiger partial charge in [0, 0.05) is 12.6 Å². The number of ether oxygens (including phenoxy) is 3. The van der Waals surface area contributed by atoms with E-state index in [0.717, 1.165) is 17.7 Å². The van der Waals surface area contributed by atoms with Gasteiger partial charge in [0.2, 0.25) is 11.7 Å². The number of carbonyl (C=O) groups excluding carboxylic acids is 1. The molecular weight excluding hydrogens is 370 g/mol. The summed E-state index contributed by atoms with van der Waals surface area (Å²) in [5.41, 5.74) is 1.33. The molecule has 2 rings (SSSR count). The number of nitrogens with one attached hydrogen (secondary N) is 2. The highest BCUT2D eigenvalue weighted by Crippen LogP contribution is 2.38. The molecule has 0 saturated carbocycles. The fourth-order valence-electron chi connectivity index (χ4n) is 2.65. The molecule has 28 heavy (non-hydrogen) atoms. The largest absolute Gasteiger partial charge is 0.493 e. The van der Waals surface area contributed by atoms with Crippen LogP contribution in [0.1, 0.15) is 24.1 Å². The maximum Gasteiger partial charge on any atom is 0.234 e. The molecule has 0 heterocycles. The van der Waals surface area contributed by atoms with E-state index in [0.29, 0.717) is 22.8 Å². The maximum atomic E-state index is 13.3. The average molecular weight is 394 g/mol. The van der Waals surface area contributed by atoms with Gasteiger partial charge in [-0.2, -0.15) is 0 Å². The molecule has 6 nitrogen and oxygen atoms in total. The van der Waals surface area contributed by atoms with Crippen LogP contribution in [-0.2, 0) is 11.3 Å². The van der Waals surface area contributed by atoms with Crippen LogP contribution in [0.2, 0.25) is 0 Å². The quantitative estimate of drug-likeness (QED) is 0.685. The maximum absolute atomic E-state index is 13.3. The van der Waals surface area contributed by atoms with Crippen LogP contribution in [0.3, 0.4) is 0 Å². The lowest BCUT2D eigenvalue weighted by Gasteiger charge is -2.16. The summed E-state index contributed by atoms with van der Waals surface area (Å²) in [7, 11) is 4.55. The Bertz CT molecular complexity index is 805. The SMILES string of the molecule is COc1cc(CNC(=O)CN[C@H](C)c2ccc(F)c(F)c2)cc(OC)c1OC. The Labute approximate surface area is 162 Å². The molecule has 8 heteroatoms. The van der Waals surface area contributed by atoms with Gasteiger partial charge in [0.25, 0.3) is 0 Å². The number of benzene rings is 2. The molecule has 0 bridgehead atoms. The zero-order chi connectivity index (χ0) is 20.7. The first-order valence-corrected chi connectivity index (χ1v) is 8.63. The third kappa shape index (κ3) is 5.32. The first-order chi connectivity index (χ1) is 13.4. The number of hydrogen-bond acceptors (Lipinski definition) is 5. The standard InChI is InChI=1S/C20H24F2N2O4/c1-12(14-5-6-15(21)16(22)9-14)23-11-19(25)24-10-13-7-17(26-2)20(28-4)18(8-13)27-3/h5-9,12,23H,10-11H2,1-4H3,(H,24,25)/t12-/m1/s1. The van der Waals surface area contributed by atoms with E-state index >= 15 is 0 Å². The number of amides is 1. The summed E-state index contributed by atoms with van der Waals surface area (Å²) in [6.07, 6.45) is 0. The lowest BCUT2D eigenvalue weighted by molar-refractivity contribution is -0.120. The number of carbonyl (C=O) groups is 1. The lowest BCUT2D eigenvalue weighted by atomic mass is 10.1. The van der Waals surface area contributed by atoms with Gasteiger partial charge >= 0.3 is 0 Å². The van der Waals surface area contributed by atoms with Crippen molar-refractivity contribution in [2.75, 3.05) is 27.9 Å². The second kappa shape index (κ2) is 9.89. The molecule has 0 radical (unpaired) electrons. The first-order valence-electron chi connectivity index (χ1n) is 8.63. The summed E-state index contributed by atoms with van der Waals surface area (Å²) in [4.78, 5) is 12.1. The predicted octanol–water partition coefficient (Wildman–Crippen LogP) is 2.96. The van der Waals surface area contributed by atoms with Crippen LogP contribution in [0.4, 0.5) is 8.78 Å². The highest BCUT2D eigenvalue weighted by Gasteiger charge is 2.14. The van der Waals surface area contributed by atoms with Crippen LogP contribution in [-0.4, -0.2) is 33.8 Å². The second-order valence-corrected chi connectivity index (χ2v) is 6.09. The third-order valence-corrected chi connectivity index (χ3v) is 4.23. The van der Waals surface area contributed by atoms with Crippen LogP contribution in [0.15, 0.2) is 30.3 Å². The zero-order valence-corrected chi connectivity index (χ0v) is 16.3. The van der Waals surface area contributed by atoms with Crippen LogP contribution >= 0.6 is 0 Å². The van der Waals surface area contributed by atoms with Crippen molar-refractivity contribution in [3.63, 3.8) is 0 Å². The number of rotatable bonds is 9. The normalized spacial score (nSPS) is 11.6. The van der Waals surface area contributed by atoms with E-state index in [4.69, 9.17) is 14.2 Å². The topological polar surface area (TPSA) is 68.8 Å². The van der Waals surface area contributed by atoms with Crippen molar-refractivity contribution in [1.29, 1.82) is 0 Å². The number of hydrogen-bond donors (Lipinski definition) is 2. The summed E-state index contributed by atoms with van der Waals surface area (Å²) in [5, 5.41) is 5.75. The van der Waals surface area contributed by atoms with Crippen LogP contribution in [0.25, 0.3) is 0 Å². The third-order valence-electron chi connectivity index (χ3n) is 4.23. The van der Waals surface area contributed by atoms with Crippen LogP contribution < -0.4 is 24.8 Å². The average Bonchev–Trinajstić information content (AvgIpc) is 2.71. The van der Waals surface area contributed by atoms with E-state index in [1.165, 1.54) is 27.4 Å². The number of methoxy groups -OCH3 is 3. The molecule has 0 spiro atoms. The van der Waals surface area contributed by atoms with Crippen molar-refractivity contribution >= 4 is 5.91 Å². The van der Waals surface area contributed by atoms with E-state index < -0.39 is 11.6 Å². The van der Waals surface area contributed by atoms with Gasteiger partial charge in [-0.25, -0.2) is 8.78 Å². The summed E-state index contributed by atoms with van der Waals surface area (Å²) in [5.74, 6) is -0.602. The Kier molecular flexibility index (Phi) is 7.57. The summed E-state index contributed by atoms with van der Waals surface area (Å²) in [6, 6.07) is 6.83. The summed E-state index contributed by atoms with van der Waals surface area (Å²) < 4.78 is 42.2. The monoisotopic (exact) mass is 394 g/mol. The highest BCUT2D eigenvalue weighted by atomic mass is 19.2. The van der Waals surface area contributed by atoms with Crippen molar-refractivity contribution in [2.24, 2.45) is 0 Å². The van der Waals surface area contributed by atoms with E-state index in [1.807, 2.05) is 0 Å². The molecule has 0 aliphatic heterocycles. The molecule has 0 aromatic heterocycles. The Balaban J connectivity index is 1.92. The van der Waals surface area contributed by atoms with Crippen molar-refractivity contribution in [3.8, 4) is 17.2 Å². The molecule has 152 valence electrons. The van der Waals surface area contributed by atoms with Gasteiger partial charge in [0.15, 0.2) is 23.1 Å². The van der Waals surface area contributed by atoms with Crippen molar-refractivity contribution in [2.45, 2.75) is 19.5 Å². The lowest BCUT2D eigenvalue weighted by Crippen LogP contribution is -2.34. The minimum Gasteiger partial charge on any atom is -0.493 e. The van der Waals surface area contributed by atoms with E-state index in [9.17, 15) is 13.6 Å². The molecule has 0 aliphatic rings. The Morgan fingerprint density at radius 2 is 1.64 bits per heavy atom. The Hall–Kier alpha value is -2.87. The summed E-state index contributed by atoms with van der Waals surface area (Å²) >= 11 is 0. The molecule has 0 unspecified atom stereocenters. The van der Waals surface area contributed by atoms with E-state index in [-0.39, 0.29) is 25.0 Å². The van der Waals surface area contributed by atoms with Crippen LogP contribution in [0, 0.1) is 11.6 Å². The molecular formula is C20H24F2N2O4. The molecule has 1 atom stereocenters. The Morgan fingerprint density at radius 3 is 2.18 bits per heavy atom. The summed E-state index contributed by atoms with van der Waals surface area (Å²) in [6.45, 7) is 2.04. The van der Waals surface area contributed by atoms with Crippen molar-refractivity contribution < 1.29 is 27.8 Å². The van der Waals surface area contributed by atoms with Crippen LogP contribution in [0.5, 0.6) is 17.2 Å². The number of halogens is 2. The minimum atomic E-state index is -0.919. The van der Waals surface area contributed by atoms with Gasteiger partial charge in [-0.05, 0) is 42.3 Å². The van der Waals surface area contributed by atoms with Gasteiger partial charge in [0.1, 0.15) is 0 Å². The van der Waals surface area contributed by atoms with Gasteiger partial charge in [-0.15, -0.1) is 0 Å². The van der Waals surface area contributed by atoms with E-state index in [1.54, 1.807) is 19.1 Å².